The highest BCUT2D eigenvalue weighted by Gasteiger charge is 2.40. The van der Waals surface area contributed by atoms with Crippen LogP contribution in [0.3, 0.4) is 0 Å². The van der Waals surface area contributed by atoms with E-state index >= 15 is 0 Å². The minimum Gasteiger partial charge on any atom is -0.376 e. The van der Waals surface area contributed by atoms with Crippen LogP contribution in [0.4, 0.5) is 4.39 Å². The summed E-state index contributed by atoms with van der Waals surface area (Å²) in [5.74, 6) is 5.38. The van der Waals surface area contributed by atoms with Crippen LogP contribution in [-0.2, 0) is 4.74 Å². The van der Waals surface area contributed by atoms with Crippen molar-refractivity contribution in [3.05, 3.63) is 34.6 Å². The number of hydrazine groups is 1. The molecule has 1 unspecified atom stereocenters. The summed E-state index contributed by atoms with van der Waals surface area (Å²) in [5.41, 5.74) is 2.82. The van der Waals surface area contributed by atoms with Crippen LogP contribution in [-0.4, -0.2) is 12.7 Å². The second-order valence-corrected chi connectivity index (χ2v) is 5.89. The van der Waals surface area contributed by atoms with Crippen LogP contribution < -0.4 is 11.3 Å². The minimum absolute atomic E-state index is 0.346. The quantitative estimate of drug-likeness (QED) is 0.506. The zero-order valence-corrected chi connectivity index (χ0v) is 12.5. The third-order valence-corrected chi connectivity index (χ3v) is 4.56. The van der Waals surface area contributed by atoms with Gasteiger partial charge < -0.3 is 4.74 Å². The molecule has 1 aromatic rings. The summed E-state index contributed by atoms with van der Waals surface area (Å²) < 4.78 is 20.0. The van der Waals surface area contributed by atoms with Crippen molar-refractivity contribution in [1.82, 2.24) is 5.43 Å². The Hall–Kier alpha value is -0.680. The molecule has 0 spiro atoms. The highest BCUT2D eigenvalue weighted by atomic mass is 35.5. The zero-order chi connectivity index (χ0) is 14.6. The van der Waals surface area contributed by atoms with Crippen molar-refractivity contribution in [2.45, 2.75) is 50.2 Å². The maximum Gasteiger partial charge on any atom is 0.129 e. The van der Waals surface area contributed by atoms with Gasteiger partial charge in [-0.2, -0.15) is 0 Å². The SMILES string of the molecule is COC1(C(NN)c2ccc(Cl)cc2F)CCCCCC1. The number of halogens is 2. The van der Waals surface area contributed by atoms with Crippen LogP contribution in [0.15, 0.2) is 18.2 Å². The molecule has 2 rings (SSSR count). The lowest BCUT2D eigenvalue weighted by Crippen LogP contribution is -2.48. The van der Waals surface area contributed by atoms with Crippen LogP contribution in [0.1, 0.15) is 50.1 Å². The number of hydrogen-bond donors (Lipinski definition) is 2. The molecule has 0 amide bonds. The van der Waals surface area contributed by atoms with Gasteiger partial charge in [0.25, 0.3) is 0 Å². The predicted molar refractivity (Wildman–Crippen MR) is 78.9 cm³/mol. The molecular weight excluding hydrogens is 279 g/mol. The summed E-state index contributed by atoms with van der Waals surface area (Å²) in [5, 5.41) is 0.384. The molecule has 112 valence electrons. The van der Waals surface area contributed by atoms with Crippen LogP contribution in [0, 0.1) is 5.82 Å². The summed E-state index contributed by atoms with van der Waals surface area (Å²) >= 11 is 5.82. The molecule has 1 aliphatic rings. The molecule has 5 heteroatoms. The molecule has 0 radical (unpaired) electrons. The fraction of sp³-hybridized carbons (Fsp3) is 0.600. The maximum atomic E-state index is 14.2. The number of hydrogen-bond acceptors (Lipinski definition) is 3. The van der Waals surface area contributed by atoms with Gasteiger partial charge in [-0.3, -0.25) is 5.84 Å². The first-order valence-corrected chi connectivity index (χ1v) is 7.47. The first kappa shape index (κ1) is 15.7. The monoisotopic (exact) mass is 300 g/mol. The van der Waals surface area contributed by atoms with Gasteiger partial charge in [-0.15, -0.1) is 0 Å². The van der Waals surface area contributed by atoms with Crippen LogP contribution in [0.5, 0.6) is 0 Å². The van der Waals surface area contributed by atoms with E-state index in [1.165, 1.54) is 18.9 Å². The summed E-state index contributed by atoms with van der Waals surface area (Å²) in [6, 6.07) is 4.32. The summed E-state index contributed by atoms with van der Waals surface area (Å²) in [6.45, 7) is 0. The fourth-order valence-corrected chi connectivity index (χ4v) is 3.36. The highest BCUT2D eigenvalue weighted by molar-refractivity contribution is 6.30. The Morgan fingerprint density at radius 3 is 2.45 bits per heavy atom. The van der Waals surface area contributed by atoms with E-state index in [0.717, 1.165) is 25.7 Å². The summed E-state index contributed by atoms with van der Waals surface area (Å²) in [7, 11) is 1.68. The normalized spacial score (nSPS) is 20.4. The standard InChI is InChI=1S/C15H22ClFN2O/c1-20-15(8-4-2-3-5-9-15)14(19-18)12-7-6-11(16)10-13(12)17/h6-7,10,14,19H,2-5,8-9,18H2,1H3. The first-order chi connectivity index (χ1) is 9.63. The van der Waals surface area contributed by atoms with E-state index in [4.69, 9.17) is 22.2 Å². The Balaban J connectivity index is 2.37. The molecule has 0 aromatic heterocycles. The van der Waals surface area contributed by atoms with E-state index in [-0.39, 0.29) is 11.9 Å². The Morgan fingerprint density at radius 2 is 1.95 bits per heavy atom. The topological polar surface area (TPSA) is 47.3 Å². The molecule has 1 saturated carbocycles. The molecule has 3 nitrogen and oxygen atoms in total. The largest absolute Gasteiger partial charge is 0.376 e. The lowest BCUT2D eigenvalue weighted by Gasteiger charge is -2.39. The first-order valence-electron chi connectivity index (χ1n) is 7.09. The van der Waals surface area contributed by atoms with Crippen molar-refractivity contribution >= 4 is 11.6 Å². The molecule has 0 aliphatic heterocycles. The number of benzene rings is 1. The van der Waals surface area contributed by atoms with Gasteiger partial charge in [0.2, 0.25) is 0 Å². The van der Waals surface area contributed by atoms with Gasteiger partial charge in [0.1, 0.15) is 5.82 Å². The van der Waals surface area contributed by atoms with Crippen molar-refractivity contribution < 1.29 is 9.13 Å². The second-order valence-electron chi connectivity index (χ2n) is 5.45. The molecule has 0 saturated heterocycles. The van der Waals surface area contributed by atoms with Crippen LogP contribution in [0.25, 0.3) is 0 Å². The van der Waals surface area contributed by atoms with Crippen molar-refractivity contribution in [3.8, 4) is 0 Å². The van der Waals surface area contributed by atoms with Crippen molar-refractivity contribution in [2.24, 2.45) is 5.84 Å². The van der Waals surface area contributed by atoms with E-state index in [9.17, 15) is 4.39 Å². The molecule has 0 bridgehead atoms. The molecule has 1 aromatic carbocycles. The molecule has 1 fully saturated rings. The predicted octanol–water partition coefficient (Wildman–Crippen LogP) is 3.72. The average Bonchev–Trinajstić information content (AvgIpc) is 2.68. The van der Waals surface area contributed by atoms with Crippen LogP contribution in [0.2, 0.25) is 5.02 Å². The van der Waals surface area contributed by atoms with E-state index in [0.29, 0.717) is 10.6 Å². The fourth-order valence-electron chi connectivity index (χ4n) is 3.20. The molecule has 3 N–H and O–H groups in total. The third kappa shape index (κ3) is 3.14. The Kier molecular flexibility index (Phi) is 5.38. The number of methoxy groups -OCH3 is 1. The lowest BCUT2D eigenvalue weighted by atomic mass is 9.82. The van der Waals surface area contributed by atoms with E-state index in [1.807, 2.05) is 0 Å². The average molecular weight is 301 g/mol. The molecule has 1 aliphatic carbocycles. The van der Waals surface area contributed by atoms with E-state index in [1.54, 1.807) is 19.2 Å². The zero-order valence-electron chi connectivity index (χ0n) is 11.8. The highest BCUT2D eigenvalue weighted by Crippen LogP contribution is 2.40. The maximum absolute atomic E-state index is 14.2. The second kappa shape index (κ2) is 6.85. The number of rotatable bonds is 4. The van der Waals surface area contributed by atoms with Gasteiger partial charge >= 0.3 is 0 Å². The van der Waals surface area contributed by atoms with Gasteiger partial charge in [0.05, 0.1) is 11.6 Å². The van der Waals surface area contributed by atoms with Crippen molar-refractivity contribution in [2.75, 3.05) is 7.11 Å². The molecule has 20 heavy (non-hydrogen) atoms. The summed E-state index contributed by atoms with van der Waals surface area (Å²) in [4.78, 5) is 0. The smallest absolute Gasteiger partial charge is 0.129 e. The third-order valence-electron chi connectivity index (χ3n) is 4.32. The van der Waals surface area contributed by atoms with Gasteiger partial charge in [-0.25, -0.2) is 9.82 Å². The van der Waals surface area contributed by atoms with Crippen LogP contribution >= 0.6 is 11.6 Å². The number of nitrogens with two attached hydrogens (primary N) is 1. The molecule has 0 heterocycles. The number of nitrogens with one attached hydrogen (secondary N) is 1. The van der Waals surface area contributed by atoms with Gasteiger partial charge in [0, 0.05) is 17.7 Å². The van der Waals surface area contributed by atoms with Gasteiger partial charge in [-0.1, -0.05) is 43.4 Å². The Labute approximate surface area is 124 Å². The lowest BCUT2D eigenvalue weighted by molar-refractivity contribution is -0.0549. The Morgan fingerprint density at radius 1 is 1.30 bits per heavy atom. The van der Waals surface area contributed by atoms with Gasteiger partial charge in [-0.05, 0) is 25.0 Å². The van der Waals surface area contributed by atoms with Crippen molar-refractivity contribution in [3.63, 3.8) is 0 Å². The van der Waals surface area contributed by atoms with E-state index in [2.05, 4.69) is 5.43 Å². The molecule has 1 atom stereocenters. The Bertz CT molecular complexity index is 447. The molecular formula is C15H22ClFN2O. The number of ether oxygens (including phenoxy) is 1. The summed E-state index contributed by atoms with van der Waals surface area (Å²) in [6.07, 6.45) is 6.26. The van der Waals surface area contributed by atoms with E-state index < -0.39 is 5.60 Å². The van der Waals surface area contributed by atoms with Crippen molar-refractivity contribution in [1.29, 1.82) is 0 Å². The van der Waals surface area contributed by atoms with Gasteiger partial charge in [0.15, 0.2) is 0 Å². The minimum atomic E-state index is -0.458.